The quantitative estimate of drug-likeness (QED) is 0.512. The summed E-state index contributed by atoms with van der Waals surface area (Å²) < 4.78 is 55.5. The van der Waals surface area contributed by atoms with E-state index in [1.807, 2.05) is 6.92 Å². The molecule has 0 N–H and O–H groups in total. The van der Waals surface area contributed by atoms with Gasteiger partial charge in [0.15, 0.2) is 11.6 Å². The Morgan fingerprint density at radius 1 is 0.905 bits per heavy atom. The molecule has 112 valence electrons. The minimum absolute atomic E-state index is 0.145. The van der Waals surface area contributed by atoms with Crippen molar-refractivity contribution >= 4 is 0 Å². The van der Waals surface area contributed by atoms with Gasteiger partial charge in [-0.2, -0.15) is 0 Å². The first-order chi connectivity index (χ1) is 9.95. The van der Waals surface area contributed by atoms with E-state index >= 15 is 0 Å². The van der Waals surface area contributed by atoms with Crippen LogP contribution in [0.25, 0.3) is 11.1 Å². The first-order valence-corrected chi connectivity index (χ1v) is 6.88. The van der Waals surface area contributed by atoms with Gasteiger partial charge >= 0.3 is 0 Å². The molecule has 0 aliphatic carbocycles. The van der Waals surface area contributed by atoms with Crippen LogP contribution in [0, 0.1) is 30.2 Å². The maximum Gasteiger partial charge on any atom is 0.169 e. The summed E-state index contributed by atoms with van der Waals surface area (Å²) in [6, 6.07) is 5.04. The number of unbranched alkanes of at least 4 members (excludes halogenated alkanes) is 1. The normalized spacial score (nSPS) is 11.0. The molecule has 0 unspecified atom stereocenters. The minimum Gasteiger partial charge on any atom is -0.206 e. The molecule has 0 atom stereocenters. The first kappa shape index (κ1) is 15.5. The Hall–Kier alpha value is -1.84. The Labute approximate surface area is 121 Å². The maximum atomic E-state index is 14.1. The largest absolute Gasteiger partial charge is 0.206 e. The molecule has 0 heterocycles. The van der Waals surface area contributed by atoms with Gasteiger partial charge in [-0.15, -0.1) is 0 Å². The maximum absolute atomic E-state index is 14.1. The SMILES string of the molecule is CCCCc1ccc(-c2c(F)cc(C)c(F)c2F)c(F)c1. The van der Waals surface area contributed by atoms with Crippen LogP contribution in [-0.4, -0.2) is 0 Å². The zero-order chi connectivity index (χ0) is 15.6. The van der Waals surface area contributed by atoms with Gasteiger partial charge in [0.2, 0.25) is 0 Å². The zero-order valence-electron chi connectivity index (χ0n) is 11.9. The minimum atomic E-state index is -1.35. The molecule has 0 fully saturated rings. The molecule has 21 heavy (non-hydrogen) atoms. The number of aryl methyl sites for hydroxylation is 2. The summed E-state index contributed by atoms with van der Waals surface area (Å²) in [6.45, 7) is 3.28. The summed E-state index contributed by atoms with van der Waals surface area (Å²) >= 11 is 0. The topological polar surface area (TPSA) is 0 Å². The van der Waals surface area contributed by atoms with Crippen LogP contribution in [0.5, 0.6) is 0 Å². The van der Waals surface area contributed by atoms with Crippen molar-refractivity contribution in [3.63, 3.8) is 0 Å². The highest BCUT2D eigenvalue weighted by Crippen LogP contribution is 2.31. The molecule has 2 aromatic rings. The van der Waals surface area contributed by atoms with Crippen LogP contribution >= 0.6 is 0 Å². The van der Waals surface area contributed by atoms with E-state index in [4.69, 9.17) is 0 Å². The molecule has 0 amide bonds. The third-order valence-electron chi connectivity index (χ3n) is 3.46. The fourth-order valence-corrected chi connectivity index (χ4v) is 2.26. The van der Waals surface area contributed by atoms with Crippen molar-refractivity contribution in [1.29, 1.82) is 0 Å². The van der Waals surface area contributed by atoms with Crippen LogP contribution in [0.2, 0.25) is 0 Å². The van der Waals surface area contributed by atoms with Gasteiger partial charge in [-0.3, -0.25) is 0 Å². The van der Waals surface area contributed by atoms with E-state index in [0.29, 0.717) is 6.42 Å². The molecule has 0 saturated carbocycles. The molecule has 2 aromatic carbocycles. The first-order valence-electron chi connectivity index (χ1n) is 6.88. The summed E-state index contributed by atoms with van der Waals surface area (Å²) in [5.74, 6) is -4.22. The molecular weight excluding hydrogens is 280 g/mol. The molecule has 2 rings (SSSR count). The lowest BCUT2D eigenvalue weighted by molar-refractivity contribution is 0.492. The van der Waals surface area contributed by atoms with Crippen molar-refractivity contribution in [3.8, 4) is 11.1 Å². The van der Waals surface area contributed by atoms with Gasteiger partial charge in [-0.1, -0.05) is 25.5 Å². The Morgan fingerprint density at radius 2 is 1.62 bits per heavy atom. The Bertz CT molecular complexity index is 662. The summed E-state index contributed by atoms with van der Waals surface area (Å²) in [7, 11) is 0. The van der Waals surface area contributed by atoms with Gasteiger partial charge in [0.1, 0.15) is 11.6 Å². The Morgan fingerprint density at radius 3 is 2.24 bits per heavy atom. The second-order valence-corrected chi connectivity index (χ2v) is 5.10. The lowest BCUT2D eigenvalue weighted by Gasteiger charge is -2.10. The molecule has 0 bridgehead atoms. The van der Waals surface area contributed by atoms with Crippen molar-refractivity contribution in [3.05, 3.63) is 58.7 Å². The van der Waals surface area contributed by atoms with Crippen LogP contribution < -0.4 is 0 Å². The van der Waals surface area contributed by atoms with E-state index < -0.39 is 28.8 Å². The molecule has 4 heteroatoms. The van der Waals surface area contributed by atoms with Crippen LogP contribution in [0.3, 0.4) is 0 Å². The number of hydrogen-bond donors (Lipinski definition) is 0. The van der Waals surface area contributed by atoms with Crippen LogP contribution in [0.15, 0.2) is 24.3 Å². The zero-order valence-corrected chi connectivity index (χ0v) is 11.9. The van der Waals surface area contributed by atoms with Gasteiger partial charge in [0, 0.05) is 5.56 Å². The average Bonchev–Trinajstić information content (AvgIpc) is 2.44. The van der Waals surface area contributed by atoms with E-state index in [2.05, 4.69) is 0 Å². The smallest absolute Gasteiger partial charge is 0.169 e. The third-order valence-corrected chi connectivity index (χ3v) is 3.46. The molecule has 0 aliphatic rings. The third kappa shape index (κ3) is 3.09. The second kappa shape index (κ2) is 6.29. The van der Waals surface area contributed by atoms with Gasteiger partial charge in [0.05, 0.1) is 5.56 Å². The lowest BCUT2D eigenvalue weighted by Crippen LogP contribution is -2.00. The molecular formula is C17H16F4. The van der Waals surface area contributed by atoms with Gasteiger partial charge in [-0.25, -0.2) is 17.6 Å². The van der Waals surface area contributed by atoms with Gasteiger partial charge in [-0.05, 0) is 43.0 Å². The Kier molecular flexibility index (Phi) is 4.66. The number of hydrogen-bond acceptors (Lipinski definition) is 0. The highest BCUT2D eigenvalue weighted by molar-refractivity contribution is 5.66. The summed E-state index contributed by atoms with van der Waals surface area (Å²) in [5.41, 5.74) is -0.304. The van der Waals surface area contributed by atoms with Crippen molar-refractivity contribution in [1.82, 2.24) is 0 Å². The fraction of sp³-hybridized carbons (Fsp3) is 0.294. The predicted octanol–water partition coefficient (Wildman–Crippen LogP) is 5.56. The number of benzene rings is 2. The van der Waals surface area contributed by atoms with Gasteiger partial charge in [0.25, 0.3) is 0 Å². The van der Waals surface area contributed by atoms with Crippen molar-refractivity contribution in [2.24, 2.45) is 0 Å². The number of rotatable bonds is 4. The van der Waals surface area contributed by atoms with Crippen LogP contribution in [0.4, 0.5) is 17.6 Å². The van der Waals surface area contributed by atoms with E-state index in [0.717, 1.165) is 24.5 Å². The van der Waals surface area contributed by atoms with E-state index in [-0.39, 0.29) is 11.1 Å². The molecule has 0 radical (unpaired) electrons. The molecule has 0 aliphatic heterocycles. The van der Waals surface area contributed by atoms with E-state index in [1.165, 1.54) is 19.1 Å². The molecule has 0 nitrogen and oxygen atoms in total. The van der Waals surface area contributed by atoms with E-state index in [9.17, 15) is 17.6 Å². The summed E-state index contributed by atoms with van der Waals surface area (Å²) in [6.07, 6.45) is 2.57. The fourth-order valence-electron chi connectivity index (χ4n) is 2.26. The highest BCUT2D eigenvalue weighted by Gasteiger charge is 2.20. The highest BCUT2D eigenvalue weighted by atomic mass is 19.2. The predicted molar refractivity (Wildman–Crippen MR) is 75.1 cm³/mol. The van der Waals surface area contributed by atoms with Crippen LogP contribution in [0.1, 0.15) is 30.9 Å². The van der Waals surface area contributed by atoms with Gasteiger partial charge < -0.3 is 0 Å². The number of halogens is 4. The summed E-state index contributed by atoms with van der Waals surface area (Å²) in [4.78, 5) is 0. The monoisotopic (exact) mass is 296 g/mol. The van der Waals surface area contributed by atoms with Crippen molar-refractivity contribution < 1.29 is 17.6 Å². The second-order valence-electron chi connectivity index (χ2n) is 5.10. The molecule has 0 saturated heterocycles. The molecule has 0 aromatic heterocycles. The average molecular weight is 296 g/mol. The van der Waals surface area contributed by atoms with Crippen molar-refractivity contribution in [2.75, 3.05) is 0 Å². The molecule has 0 spiro atoms. The standard InChI is InChI=1S/C17H16F4/c1-3-4-5-11-6-7-12(13(18)9-11)15-14(19)8-10(2)16(20)17(15)21/h6-9H,3-5H2,1-2H3. The summed E-state index contributed by atoms with van der Waals surface area (Å²) in [5, 5.41) is 0. The van der Waals surface area contributed by atoms with Crippen LogP contribution in [-0.2, 0) is 6.42 Å². The van der Waals surface area contributed by atoms with Crippen molar-refractivity contribution in [2.45, 2.75) is 33.1 Å². The Balaban J connectivity index is 2.50. The van der Waals surface area contributed by atoms with E-state index in [1.54, 1.807) is 6.07 Å². The lowest BCUT2D eigenvalue weighted by atomic mass is 9.98.